The molecule has 6 nitrogen and oxygen atoms in total. The molecule has 23 heavy (non-hydrogen) atoms. The van der Waals surface area contributed by atoms with Gasteiger partial charge in [0.05, 0.1) is 5.75 Å². The lowest BCUT2D eigenvalue weighted by atomic mass is 9.87. The van der Waals surface area contributed by atoms with Gasteiger partial charge in [0.2, 0.25) is 10.0 Å². The van der Waals surface area contributed by atoms with Crippen molar-refractivity contribution in [3.63, 3.8) is 0 Å². The molecular formula is C16H22N4O2S. The van der Waals surface area contributed by atoms with Gasteiger partial charge < -0.3 is 5.32 Å². The zero-order chi connectivity index (χ0) is 17.1. The molecule has 7 heteroatoms. The summed E-state index contributed by atoms with van der Waals surface area (Å²) in [6.45, 7) is 8.05. The number of rotatable bonds is 5. The molecule has 0 aliphatic heterocycles. The molecule has 0 saturated carbocycles. The molecule has 0 unspecified atom stereocenters. The lowest BCUT2D eigenvalue weighted by molar-refractivity contribution is 0.590. The molecule has 1 aromatic heterocycles. The molecule has 0 spiro atoms. The number of hydrogen-bond donors (Lipinski definition) is 2. The van der Waals surface area contributed by atoms with Crippen LogP contribution in [0, 0.1) is 0 Å². The van der Waals surface area contributed by atoms with E-state index < -0.39 is 10.0 Å². The van der Waals surface area contributed by atoms with Gasteiger partial charge >= 0.3 is 0 Å². The fraction of sp³-hybridized carbons (Fsp3) is 0.375. The third kappa shape index (κ3) is 4.92. The fourth-order valence-corrected chi connectivity index (χ4v) is 2.46. The highest BCUT2D eigenvalue weighted by Gasteiger charge is 2.13. The summed E-state index contributed by atoms with van der Waals surface area (Å²) < 4.78 is 25.3. The SMILES string of the molecule is CCS(=O)(=O)Nc1ccc(Nc2ccc(C(C)(C)C)cc2)nn1. The van der Waals surface area contributed by atoms with E-state index in [1.54, 1.807) is 19.1 Å². The predicted octanol–water partition coefficient (Wildman–Crippen LogP) is 3.28. The maximum absolute atomic E-state index is 11.5. The Hall–Kier alpha value is -2.15. The first-order chi connectivity index (χ1) is 10.7. The number of aromatic nitrogens is 2. The number of anilines is 3. The van der Waals surface area contributed by atoms with Crippen LogP contribution in [0.1, 0.15) is 33.3 Å². The van der Waals surface area contributed by atoms with Gasteiger partial charge in [0, 0.05) is 5.69 Å². The van der Waals surface area contributed by atoms with Crippen LogP contribution in [0.5, 0.6) is 0 Å². The van der Waals surface area contributed by atoms with Crippen LogP contribution in [0.15, 0.2) is 36.4 Å². The van der Waals surface area contributed by atoms with E-state index in [1.807, 2.05) is 12.1 Å². The number of nitrogens with one attached hydrogen (secondary N) is 2. The van der Waals surface area contributed by atoms with Crippen LogP contribution in [0.4, 0.5) is 17.3 Å². The van der Waals surface area contributed by atoms with E-state index in [2.05, 4.69) is 53.1 Å². The summed E-state index contributed by atoms with van der Waals surface area (Å²) in [6, 6.07) is 11.4. The summed E-state index contributed by atoms with van der Waals surface area (Å²) in [5, 5.41) is 11.0. The van der Waals surface area contributed by atoms with Crippen LogP contribution in [-0.2, 0) is 15.4 Å². The van der Waals surface area contributed by atoms with Crippen molar-refractivity contribution in [3.8, 4) is 0 Å². The molecule has 0 aliphatic rings. The second-order valence-electron chi connectivity index (χ2n) is 6.26. The zero-order valence-corrected chi connectivity index (χ0v) is 14.6. The first-order valence-electron chi connectivity index (χ1n) is 7.41. The molecule has 0 saturated heterocycles. The van der Waals surface area contributed by atoms with E-state index in [-0.39, 0.29) is 17.0 Å². The van der Waals surface area contributed by atoms with Gasteiger partial charge in [-0.15, -0.1) is 10.2 Å². The largest absolute Gasteiger partial charge is 0.339 e. The lowest BCUT2D eigenvalue weighted by Crippen LogP contribution is -2.15. The Morgan fingerprint density at radius 3 is 2.00 bits per heavy atom. The molecule has 0 radical (unpaired) electrons. The van der Waals surface area contributed by atoms with Gasteiger partial charge in [-0.05, 0) is 42.2 Å². The smallest absolute Gasteiger partial charge is 0.233 e. The number of nitrogens with zero attached hydrogens (tertiary/aromatic N) is 2. The van der Waals surface area contributed by atoms with Crippen molar-refractivity contribution in [2.24, 2.45) is 0 Å². The Labute approximate surface area is 137 Å². The Morgan fingerprint density at radius 2 is 1.52 bits per heavy atom. The molecule has 0 fully saturated rings. The monoisotopic (exact) mass is 334 g/mol. The first kappa shape index (κ1) is 17.2. The Kier molecular flexibility index (Phi) is 4.89. The summed E-state index contributed by atoms with van der Waals surface area (Å²) in [5.74, 6) is 0.753. The van der Waals surface area contributed by atoms with Gasteiger partial charge in [-0.2, -0.15) is 0 Å². The number of hydrogen-bond acceptors (Lipinski definition) is 5. The van der Waals surface area contributed by atoms with Gasteiger partial charge in [-0.3, -0.25) is 4.72 Å². The quantitative estimate of drug-likeness (QED) is 0.876. The Morgan fingerprint density at radius 1 is 0.957 bits per heavy atom. The van der Waals surface area contributed by atoms with E-state index in [4.69, 9.17) is 0 Å². The van der Waals surface area contributed by atoms with E-state index in [9.17, 15) is 8.42 Å². The zero-order valence-electron chi connectivity index (χ0n) is 13.8. The Balaban J connectivity index is 2.06. The maximum atomic E-state index is 11.5. The predicted molar refractivity (Wildman–Crippen MR) is 93.5 cm³/mol. The number of sulfonamides is 1. The molecule has 2 N–H and O–H groups in total. The minimum absolute atomic E-state index is 0.00515. The molecule has 0 amide bonds. The third-order valence-electron chi connectivity index (χ3n) is 3.33. The third-order valence-corrected chi connectivity index (χ3v) is 4.61. The van der Waals surface area contributed by atoms with Crippen molar-refractivity contribution < 1.29 is 8.42 Å². The van der Waals surface area contributed by atoms with Crippen LogP contribution < -0.4 is 10.0 Å². The van der Waals surface area contributed by atoms with Crippen molar-refractivity contribution in [2.45, 2.75) is 33.1 Å². The van der Waals surface area contributed by atoms with Crippen molar-refractivity contribution in [3.05, 3.63) is 42.0 Å². The van der Waals surface area contributed by atoms with Gasteiger partial charge in [-0.25, -0.2) is 8.42 Å². The fourth-order valence-electron chi connectivity index (χ4n) is 1.89. The average Bonchev–Trinajstić information content (AvgIpc) is 2.49. The highest BCUT2D eigenvalue weighted by molar-refractivity contribution is 7.92. The molecule has 2 rings (SSSR count). The average molecular weight is 334 g/mol. The van der Waals surface area contributed by atoms with Gasteiger partial charge in [-0.1, -0.05) is 32.9 Å². The number of benzene rings is 1. The minimum atomic E-state index is -3.34. The molecule has 1 heterocycles. The van der Waals surface area contributed by atoms with E-state index >= 15 is 0 Å². The van der Waals surface area contributed by atoms with E-state index in [0.29, 0.717) is 5.82 Å². The topological polar surface area (TPSA) is 84.0 Å². The van der Waals surface area contributed by atoms with Crippen LogP contribution in [0.3, 0.4) is 0 Å². The summed E-state index contributed by atoms with van der Waals surface area (Å²) in [4.78, 5) is 0. The molecule has 0 aliphatic carbocycles. The van der Waals surface area contributed by atoms with E-state index in [0.717, 1.165) is 5.69 Å². The molecule has 0 bridgehead atoms. The molecular weight excluding hydrogens is 312 g/mol. The Bertz CT molecular complexity index is 748. The molecule has 124 valence electrons. The van der Waals surface area contributed by atoms with Gasteiger partial charge in [0.1, 0.15) is 0 Å². The van der Waals surface area contributed by atoms with Crippen molar-refractivity contribution >= 4 is 27.3 Å². The summed E-state index contributed by atoms with van der Waals surface area (Å²) in [6.07, 6.45) is 0. The van der Waals surface area contributed by atoms with Gasteiger partial charge in [0.25, 0.3) is 0 Å². The van der Waals surface area contributed by atoms with Crippen LogP contribution in [0.25, 0.3) is 0 Å². The standard InChI is InChI=1S/C16H22N4O2S/c1-5-23(21,22)20-15-11-10-14(18-19-15)17-13-8-6-12(7-9-13)16(2,3)4/h6-11H,5H2,1-4H3,(H,17,18)(H,19,20). The highest BCUT2D eigenvalue weighted by atomic mass is 32.2. The van der Waals surface area contributed by atoms with Crippen molar-refractivity contribution in [1.82, 2.24) is 10.2 Å². The van der Waals surface area contributed by atoms with Crippen molar-refractivity contribution in [1.29, 1.82) is 0 Å². The highest BCUT2D eigenvalue weighted by Crippen LogP contribution is 2.24. The maximum Gasteiger partial charge on any atom is 0.233 e. The summed E-state index contributed by atoms with van der Waals surface area (Å²) >= 11 is 0. The van der Waals surface area contributed by atoms with E-state index in [1.165, 1.54) is 5.56 Å². The van der Waals surface area contributed by atoms with Gasteiger partial charge in [0.15, 0.2) is 11.6 Å². The van der Waals surface area contributed by atoms with Crippen LogP contribution in [-0.4, -0.2) is 24.4 Å². The normalized spacial score (nSPS) is 12.0. The molecule has 0 atom stereocenters. The van der Waals surface area contributed by atoms with Crippen LogP contribution in [0.2, 0.25) is 0 Å². The lowest BCUT2D eigenvalue weighted by Gasteiger charge is -2.19. The minimum Gasteiger partial charge on any atom is -0.339 e. The second kappa shape index (κ2) is 6.54. The summed E-state index contributed by atoms with van der Waals surface area (Å²) in [7, 11) is -3.34. The second-order valence-corrected chi connectivity index (χ2v) is 8.27. The molecule has 1 aromatic carbocycles. The molecule has 2 aromatic rings. The van der Waals surface area contributed by atoms with Crippen LogP contribution >= 0.6 is 0 Å². The van der Waals surface area contributed by atoms with Crippen molar-refractivity contribution in [2.75, 3.05) is 15.8 Å². The first-order valence-corrected chi connectivity index (χ1v) is 9.06. The summed E-state index contributed by atoms with van der Waals surface area (Å²) in [5.41, 5.74) is 2.25.